The van der Waals surface area contributed by atoms with Crippen LogP contribution in [0.15, 0.2) is 6.20 Å². The lowest BCUT2D eigenvalue weighted by Gasteiger charge is -2.17. The van der Waals surface area contributed by atoms with Gasteiger partial charge < -0.3 is 10.2 Å². The Labute approximate surface area is 94.5 Å². The molecule has 5 nitrogen and oxygen atoms in total. The van der Waals surface area contributed by atoms with Crippen molar-refractivity contribution in [1.29, 1.82) is 0 Å². The number of carboxylic acids is 1. The number of aliphatic hydroxyl groups is 1. The Balaban J connectivity index is 3.12. The molecule has 2 N–H and O–H groups in total. The Kier molecular flexibility index (Phi) is 3.19. The molecule has 0 amide bonds. The van der Waals surface area contributed by atoms with Crippen LogP contribution in [0, 0.1) is 0 Å². The van der Waals surface area contributed by atoms with Crippen molar-refractivity contribution in [2.75, 3.05) is 0 Å². The zero-order valence-electron chi connectivity index (χ0n) is 9.12. The fraction of sp³-hybridized carbons (Fsp3) is 0.556. The molecule has 17 heavy (non-hydrogen) atoms. The van der Waals surface area contributed by atoms with Gasteiger partial charge in [-0.15, -0.1) is 0 Å². The van der Waals surface area contributed by atoms with Crippen LogP contribution in [-0.2, 0) is 24.4 Å². The van der Waals surface area contributed by atoms with E-state index in [-0.39, 0.29) is 5.56 Å². The maximum Gasteiger partial charge on any atom is 0.435 e. The van der Waals surface area contributed by atoms with Crippen LogP contribution in [0.2, 0.25) is 0 Å². The number of aryl methyl sites for hydroxylation is 1. The molecule has 0 aliphatic rings. The third-order valence-corrected chi connectivity index (χ3v) is 2.17. The highest BCUT2D eigenvalue weighted by Gasteiger charge is 2.40. The van der Waals surface area contributed by atoms with Crippen LogP contribution in [0.25, 0.3) is 0 Å². The first-order valence-electron chi connectivity index (χ1n) is 4.59. The van der Waals surface area contributed by atoms with E-state index in [0.717, 1.165) is 17.8 Å². The molecule has 8 heteroatoms. The van der Waals surface area contributed by atoms with Crippen molar-refractivity contribution in [1.82, 2.24) is 9.78 Å². The molecule has 0 saturated carbocycles. The first kappa shape index (κ1) is 13.5. The standard InChI is InChI=1S/C9H11F3N2O3/c1-8(17,7(15)16)3-5-4-14(2)13-6(5)9(10,11)12/h4,17H,3H2,1-2H3,(H,15,16). The number of carboxylic acid groups (broad SMARTS) is 1. The van der Waals surface area contributed by atoms with Crippen LogP contribution in [-0.4, -0.2) is 31.6 Å². The summed E-state index contributed by atoms with van der Waals surface area (Å²) in [6, 6.07) is 0. The molecular formula is C9H11F3N2O3. The summed E-state index contributed by atoms with van der Waals surface area (Å²) in [5.74, 6) is -1.59. The molecule has 1 aromatic heterocycles. The number of nitrogens with zero attached hydrogens (tertiary/aromatic N) is 2. The van der Waals surface area contributed by atoms with E-state index in [1.165, 1.54) is 7.05 Å². The van der Waals surface area contributed by atoms with Crippen LogP contribution in [0.1, 0.15) is 18.2 Å². The van der Waals surface area contributed by atoms with Crippen molar-refractivity contribution in [2.45, 2.75) is 25.1 Å². The van der Waals surface area contributed by atoms with Crippen LogP contribution in [0.3, 0.4) is 0 Å². The molecule has 1 unspecified atom stereocenters. The number of hydrogen-bond acceptors (Lipinski definition) is 3. The van der Waals surface area contributed by atoms with E-state index in [0.29, 0.717) is 0 Å². The Hall–Kier alpha value is -1.57. The number of aliphatic carboxylic acids is 1. The maximum absolute atomic E-state index is 12.5. The number of halogens is 3. The lowest BCUT2D eigenvalue weighted by molar-refractivity contribution is -0.157. The van der Waals surface area contributed by atoms with Gasteiger partial charge in [-0.05, 0) is 6.92 Å². The number of aromatic nitrogens is 2. The van der Waals surface area contributed by atoms with Gasteiger partial charge in [0.25, 0.3) is 0 Å². The molecule has 0 radical (unpaired) electrons. The molecular weight excluding hydrogens is 241 g/mol. The molecule has 1 atom stereocenters. The van der Waals surface area contributed by atoms with Gasteiger partial charge in [-0.25, -0.2) is 4.79 Å². The average molecular weight is 252 g/mol. The summed E-state index contributed by atoms with van der Waals surface area (Å²) in [7, 11) is 1.29. The molecule has 0 fully saturated rings. The van der Waals surface area contributed by atoms with Gasteiger partial charge in [0.2, 0.25) is 0 Å². The quantitative estimate of drug-likeness (QED) is 0.835. The summed E-state index contributed by atoms with van der Waals surface area (Å²) >= 11 is 0. The third-order valence-electron chi connectivity index (χ3n) is 2.17. The number of alkyl halides is 3. The molecule has 0 saturated heterocycles. The van der Waals surface area contributed by atoms with E-state index < -0.39 is 29.9 Å². The second kappa shape index (κ2) is 4.02. The Morgan fingerprint density at radius 1 is 1.53 bits per heavy atom. The SMILES string of the molecule is Cn1cc(CC(C)(O)C(=O)O)c(C(F)(F)F)n1. The zero-order chi connectivity index (χ0) is 13.4. The first-order chi connectivity index (χ1) is 7.54. The third kappa shape index (κ3) is 2.96. The van der Waals surface area contributed by atoms with E-state index in [4.69, 9.17) is 5.11 Å². The molecule has 0 aromatic carbocycles. The van der Waals surface area contributed by atoms with Crippen LogP contribution < -0.4 is 0 Å². The predicted molar refractivity (Wildman–Crippen MR) is 50.2 cm³/mol. The lowest BCUT2D eigenvalue weighted by atomic mass is 9.97. The highest BCUT2D eigenvalue weighted by molar-refractivity contribution is 5.77. The highest BCUT2D eigenvalue weighted by Crippen LogP contribution is 2.32. The van der Waals surface area contributed by atoms with Crippen LogP contribution in [0.5, 0.6) is 0 Å². The summed E-state index contributed by atoms with van der Waals surface area (Å²) in [6.45, 7) is 0.933. The molecule has 0 aliphatic heterocycles. The molecule has 96 valence electrons. The number of hydrogen-bond donors (Lipinski definition) is 2. The minimum absolute atomic E-state index is 0.354. The molecule has 0 bridgehead atoms. The average Bonchev–Trinajstić information content (AvgIpc) is 2.44. The van der Waals surface area contributed by atoms with Gasteiger partial charge in [-0.3, -0.25) is 4.68 Å². The fourth-order valence-corrected chi connectivity index (χ4v) is 1.35. The van der Waals surface area contributed by atoms with Crippen molar-refractivity contribution >= 4 is 5.97 Å². The zero-order valence-corrected chi connectivity index (χ0v) is 9.12. The van der Waals surface area contributed by atoms with Gasteiger partial charge >= 0.3 is 12.1 Å². The Morgan fingerprint density at radius 2 is 2.06 bits per heavy atom. The van der Waals surface area contributed by atoms with E-state index >= 15 is 0 Å². The van der Waals surface area contributed by atoms with Gasteiger partial charge in [-0.2, -0.15) is 18.3 Å². The molecule has 1 aromatic rings. The summed E-state index contributed by atoms with van der Waals surface area (Å²) in [4.78, 5) is 10.6. The number of rotatable bonds is 3. The van der Waals surface area contributed by atoms with Gasteiger partial charge in [0, 0.05) is 25.2 Å². The monoisotopic (exact) mass is 252 g/mol. The maximum atomic E-state index is 12.5. The molecule has 0 aliphatic carbocycles. The van der Waals surface area contributed by atoms with Gasteiger partial charge in [-0.1, -0.05) is 0 Å². The van der Waals surface area contributed by atoms with Crippen molar-refractivity contribution in [3.05, 3.63) is 17.5 Å². The predicted octanol–water partition coefficient (Wildman–Crippen LogP) is 0.817. The normalized spacial score (nSPS) is 15.6. The summed E-state index contributed by atoms with van der Waals surface area (Å²) < 4.78 is 38.5. The van der Waals surface area contributed by atoms with Crippen molar-refractivity contribution < 1.29 is 28.2 Å². The van der Waals surface area contributed by atoms with Crippen molar-refractivity contribution in [3.8, 4) is 0 Å². The van der Waals surface area contributed by atoms with Crippen molar-refractivity contribution in [2.24, 2.45) is 7.05 Å². The first-order valence-corrected chi connectivity index (χ1v) is 4.59. The molecule has 1 heterocycles. The Bertz CT molecular complexity index is 437. The van der Waals surface area contributed by atoms with E-state index in [1.807, 2.05) is 0 Å². The molecule has 1 rings (SSSR count). The van der Waals surface area contributed by atoms with Crippen molar-refractivity contribution in [3.63, 3.8) is 0 Å². The minimum Gasteiger partial charge on any atom is -0.479 e. The fourth-order valence-electron chi connectivity index (χ4n) is 1.35. The van der Waals surface area contributed by atoms with Gasteiger partial charge in [0.05, 0.1) is 0 Å². The second-order valence-corrected chi connectivity index (χ2v) is 3.93. The van der Waals surface area contributed by atoms with Gasteiger partial charge in [0.1, 0.15) is 0 Å². The summed E-state index contributed by atoms with van der Waals surface area (Å²) in [6.07, 6.45) is -4.30. The largest absolute Gasteiger partial charge is 0.479 e. The smallest absolute Gasteiger partial charge is 0.435 e. The summed E-state index contributed by atoms with van der Waals surface area (Å²) in [5.41, 5.74) is -3.79. The van der Waals surface area contributed by atoms with Crippen LogP contribution in [0.4, 0.5) is 13.2 Å². The second-order valence-electron chi connectivity index (χ2n) is 3.93. The van der Waals surface area contributed by atoms with Gasteiger partial charge in [0.15, 0.2) is 11.3 Å². The Morgan fingerprint density at radius 3 is 2.47 bits per heavy atom. The van der Waals surface area contributed by atoms with E-state index in [2.05, 4.69) is 5.10 Å². The minimum atomic E-state index is -4.68. The van der Waals surface area contributed by atoms with E-state index in [9.17, 15) is 23.1 Å². The molecule has 0 spiro atoms. The lowest BCUT2D eigenvalue weighted by Crippen LogP contribution is -2.37. The summed E-state index contributed by atoms with van der Waals surface area (Å²) in [5, 5.41) is 21.3. The number of carbonyl (C=O) groups is 1. The highest BCUT2D eigenvalue weighted by atomic mass is 19.4. The topological polar surface area (TPSA) is 75.4 Å². The van der Waals surface area contributed by atoms with E-state index in [1.54, 1.807) is 0 Å². The van der Waals surface area contributed by atoms with Crippen LogP contribution >= 0.6 is 0 Å².